The molecule has 2 aromatic rings. The molecule has 0 heterocycles. The van der Waals surface area contributed by atoms with E-state index in [4.69, 9.17) is 0 Å². The van der Waals surface area contributed by atoms with Crippen molar-refractivity contribution in [1.82, 2.24) is 0 Å². The van der Waals surface area contributed by atoms with Crippen LogP contribution in [-0.4, -0.2) is 15.8 Å². The molecule has 0 aliphatic rings. The number of benzene rings is 2. The minimum atomic E-state index is -0.785. The second-order valence-corrected chi connectivity index (χ2v) is 4.90. The number of nitrogens with zero attached hydrogens (tertiary/aromatic N) is 2. The van der Waals surface area contributed by atoms with E-state index in [0.717, 1.165) is 17.7 Å². The molecular weight excluding hydrogens is 314 g/mol. The predicted molar refractivity (Wildman–Crippen MR) is 89.4 cm³/mol. The van der Waals surface area contributed by atoms with Crippen LogP contribution in [0.15, 0.2) is 42.5 Å². The van der Waals surface area contributed by atoms with E-state index in [1.165, 1.54) is 13.0 Å². The third kappa shape index (κ3) is 4.23. The van der Waals surface area contributed by atoms with Crippen LogP contribution in [0.1, 0.15) is 18.1 Å². The summed E-state index contributed by atoms with van der Waals surface area (Å²) in [6.45, 7) is 1.41. The van der Waals surface area contributed by atoms with E-state index >= 15 is 0 Å². The van der Waals surface area contributed by atoms with E-state index in [0.29, 0.717) is 11.3 Å². The van der Waals surface area contributed by atoms with Gasteiger partial charge in [0.1, 0.15) is 0 Å². The van der Waals surface area contributed by atoms with E-state index in [-0.39, 0.29) is 5.91 Å². The first kappa shape index (κ1) is 16.8. The fraction of sp³-hybridized carbons (Fsp3) is 0.0625. The first-order chi connectivity index (χ1) is 11.4. The van der Waals surface area contributed by atoms with Crippen LogP contribution in [0.25, 0.3) is 12.2 Å². The lowest BCUT2D eigenvalue weighted by molar-refractivity contribution is -0.422. The summed E-state index contributed by atoms with van der Waals surface area (Å²) >= 11 is 0. The van der Waals surface area contributed by atoms with Gasteiger partial charge in [0.15, 0.2) is 0 Å². The molecule has 8 nitrogen and oxygen atoms in total. The Morgan fingerprint density at radius 2 is 1.46 bits per heavy atom. The first-order valence-corrected chi connectivity index (χ1v) is 6.85. The highest BCUT2D eigenvalue weighted by atomic mass is 16.6. The molecular formula is C16H13N3O5. The molecule has 2 rings (SSSR count). The van der Waals surface area contributed by atoms with Gasteiger partial charge >= 0.3 is 11.4 Å². The van der Waals surface area contributed by atoms with Gasteiger partial charge in [0.2, 0.25) is 5.91 Å². The van der Waals surface area contributed by atoms with Crippen LogP contribution in [0.4, 0.5) is 17.1 Å². The second kappa shape index (κ2) is 7.14. The first-order valence-electron chi connectivity index (χ1n) is 6.85. The van der Waals surface area contributed by atoms with Crippen molar-refractivity contribution in [2.45, 2.75) is 6.92 Å². The minimum absolute atomic E-state index is 0.170. The van der Waals surface area contributed by atoms with Gasteiger partial charge in [-0.15, -0.1) is 0 Å². The van der Waals surface area contributed by atoms with Gasteiger partial charge in [0.25, 0.3) is 0 Å². The number of hydrogen-bond donors (Lipinski definition) is 1. The predicted octanol–water partition coefficient (Wildman–Crippen LogP) is 3.63. The monoisotopic (exact) mass is 327 g/mol. The van der Waals surface area contributed by atoms with Gasteiger partial charge in [0.05, 0.1) is 9.85 Å². The molecule has 0 aliphatic carbocycles. The number of carbonyl (C=O) groups is 1. The molecule has 0 bridgehead atoms. The highest BCUT2D eigenvalue weighted by Gasteiger charge is 2.23. The van der Waals surface area contributed by atoms with E-state index in [1.54, 1.807) is 36.4 Å². The molecule has 1 N–H and O–H groups in total. The zero-order valence-electron chi connectivity index (χ0n) is 12.6. The quantitative estimate of drug-likeness (QED) is 0.511. The lowest BCUT2D eigenvalue weighted by Crippen LogP contribution is -2.05. The van der Waals surface area contributed by atoms with Gasteiger partial charge in [-0.05, 0) is 29.3 Å². The van der Waals surface area contributed by atoms with Crippen molar-refractivity contribution in [1.29, 1.82) is 0 Å². The molecule has 0 saturated heterocycles. The molecule has 122 valence electrons. The highest BCUT2D eigenvalue weighted by molar-refractivity contribution is 5.88. The van der Waals surface area contributed by atoms with Crippen molar-refractivity contribution in [3.63, 3.8) is 0 Å². The van der Waals surface area contributed by atoms with Crippen molar-refractivity contribution in [3.05, 3.63) is 73.8 Å². The number of amides is 1. The topological polar surface area (TPSA) is 115 Å². The van der Waals surface area contributed by atoms with Gasteiger partial charge in [-0.1, -0.05) is 24.3 Å². The summed E-state index contributed by atoms with van der Waals surface area (Å²) in [5.74, 6) is -0.170. The average molecular weight is 327 g/mol. The van der Waals surface area contributed by atoms with E-state index < -0.39 is 21.2 Å². The maximum Gasteiger partial charge on any atom is 0.346 e. The molecule has 8 heteroatoms. The Labute approximate surface area is 136 Å². The molecule has 0 saturated carbocycles. The number of hydrogen-bond acceptors (Lipinski definition) is 5. The Morgan fingerprint density at radius 1 is 0.917 bits per heavy atom. The van der Waals surface area contributed by atoms with Gasteiger partial charge in [0, 0.05) is 24.7 Å². The number of carbonyl (C=O) groups excluding carboxylic acids is 1. The van der Waals surface area contributed by atoms with Gasteiger partial charge < -0.3 is 5.32 Å². The SMILES string of the molecule is CC(=O)Nc1ccc(/C=C/c2ccc([N+](=O)[O-])c([N+](=O)[O-])c2)cc1. The van der Waals surface area contributed by atoms with Crippen molar-refractivity contribution in [2.75, 3.05) is 5.32 Å². The van der Waals surface area contributed by atoms with Crippen LogP contribution in [0.3, 0.4) is 0 Å². The summed E-state index contributed by atoms with van der Waals surface area (Å²) in [5, 5.41) is 24.3. The van der Waals surface area contributed by atoms with E-state index in [1.807, 2.05) is 0 Å². The third-order valence-electron chi connectivity index (χ3n) is 3.09. The normalized spacial score (nSPS) is 10.5. The van der Waals surface area contributed by atoms with Gasteiger partial charge in [-0.3, -0.25) is 25.0 Å². The Morgan fingerprint density at radius 3 is 2.00 bits per heavy atom. The molecule has 0 unspecified atom stereocenters. The maximum atomic E-state index is 10.9. The van der Waals surface area contributed by atoms with Crippen LogP contribution in [-0.2, 0) is 4.79 Å². The van der Waals surface area contributed by atoms with Crippen molar-refractivity contribution >= 4 is 35.1 Å². The fourth-order valence-corrected chi connectivity index (χ4v) is 2.02. The Hall–Kier alpha value is -3.55. The van der Waals surface area contributed by atoms with Crippen LogP contribution in [0.2, 0.25) is 0 Å². The number of nitro groups is 2. The maximum absolute atomic E-state index is 10.9. The second-order valence-electron chi connectivity index (χ2n) is 4.90. The minimum Gasteiger partial charge on any atom is -0.326 e. The fourth-order valence-electron chi connectivity index (χ4n) is 2.02. The van der Waals surface area contributed by atoms with Gasteiger partial charge in [-0.2, -0.15) is 0 Å². The zero-order chi connectivity index (χ0) is 17.7. The molecule has 0 spiro atoms. The van der Waals surface area contributed by atoms with Crippen molar-refractivity contribution < 1.29 is 14.6 Å². The lowest BCUT2D eigenvalue weighted by Gasteiger charge is -2.02. The summed E-state index contributed by atoms with van der Waals surface area (Å²) in [6.07, 6.45) is 3.33. The molecule has 0 fully saturated rings. The van der Waals surface area contributed by atoms with Crippen LogP contribution < -0.4 is 5.32 Å². The van der Waals surface area contributed by atoms with Gasteiger partial charge in [-0.25, -0.2) is 0 Å². The number of nitrogens with one attached hydrogen (secondary N) is 1. The number of rotatable bonds is 5. The van der Waals surface area contributed by atoms with Crippen LogP contribution in [0.5, 0.6) is 0 Å². The van der Waals surface area contributed by atoms with Crippen LogP contribution in [0, 0.1) is 20.2 Å². The standard InChI is InChI=1S/C16H13N3O5/c1-11(20)17-14-7-4-12(5-8-14)2-3-13-6-9-15(18(21)22)16(10-13)19(23)24/h2-10H,1H3,(H,17,20)/b3-2+. The summed E-state index contributed by atoms with van der Waals surface area (Å²) in [6, 6.07) is 10.7. The summed E-state index contributed by atoms with van der Waals surface area (Å²) in [7, 11) is 0. The largest absolute Gasteiger partial charge is 0.346 e. The van der Waals surface area contributed by atoms with E-state index in [2.05, 4.69) is 5.32 Å². The molecule has 0 radical (unpaired) electrons. The highest BCUT2D eigenvalue weighted by Crippen LogP contribution is 2.28. The average Bonchev–Trinajstić information content (AvgIpc) is 2.53. The summed E-state index contributed by atoms with van der Waals surface area (Å²) < 4.78 is 0. The van der Waals surface area contributed by atoms with E-state index in [9.17, 15) is 25.0 Å². The molecule has 0 atom stereocenters. The number of anilines is 1. The molecule has 2 aromatic carbocycles. The summed E-state index contributed by atoms with van der Waals surface area (Å²) in [4.78, 5) is 31.1. The molecule has 1 amide bonds. The Kier molecular flexibility index (Phi) is 5.00. The zero-order valence-corrected chi connectivity index (χ0v) is 12.6. The smallest absolute Gasteiger partial charge is 0.326 e. The van der Waals surface area contributed by atoms with Crippen molar-refractivity contribution in [3.8, 4) is 0 Å². The number of nitro benzene ring substituents is 2. The molecule has 0 aromatic heterocycles. The Balaban J connectivity index is 2.22. The summed E-state index contributed by atoms with van der Waals surface area (Å²) in [5.41, 5.74) is 0.842. The molecule has 0 aliphatic heterocycles. The Bertz CT molecular complexity index is 828. The van der Waals surface area contributed by atoms with Crippen LogP contribution >= 0.6 is 0 Å². The third-order valence-corrected chi connectivity index (χ3v) is 3.09. The molecule has 24 heavy (non-hydrogen) atoms. The lowest BCUT2D eigenvalue weighted by atomic mass is 10.1. The van der Waals surface area contributed by atoms with Crippen molar-refractivity contribution in [2.24, 2.45) is 0 Å².